The molecule has 3 rings (SSSR count). The third-order valence-corrected chi connectivity index (χ3v) is 4.13. The third kappa shape index (κ3) is 3.04. The molecule has 120 valence electrons. The SMILES string of the molecule is COc1cccc(OCc2cc3c(C)cccc3n2C(C)C)c1. The number of fused-ring (bicyclic) bond motifs is 1. The first-order valence-electron chi connectivity index (χ1n) is 7.96. The molecule has 0 saturated heterocycles. The van der Waals surface area contributed by atoms with Gasteiger partial charge in [-0.2, -0.15) is 0 Å². The van der Waals surface area contributed by atoms with E-state index in [1.165, 1.54) is 22.2 Å². The molecular formula is C20H23NO2. The maximum atomic E-state index is 5.99. The molecule has 3 heteroatoms. The van der Waals surface area contributed by atoms with Crippen LogP contribution in [0.3, 0.4) is 0 Å². The van der Waals surface area contributed by atoms with E-state index in [1.807, 2.05) is 24.3 Å². The van der Waals surface area contributed by atoms with Gasteiger partial charge in [0.2, 0.25) is 0 Å². The lowest BCUT2D eigenvalue weighted by molar-refractivity contribution is 0.291. The summed E-state index contributed by atoms with van der Waals surface area (Å²) in [5.74, 6) is 1.63. The van der Waals surface area contributed by atoms with Gasteiger partial charge in [0.05, 0.1) is 12.8 Å². The highest BCUT2D eigenvalue weighted by Crippen LogP contribution is 2.28. The number of rotatable bonds is 5. The predicted octanol–water partition coefficient (Wildman–Crippen LogP) is 5.12. The largest absolute Gasteiger partial charge is 0.497 e. The number of methoxy groups -OCH3 is 1. The maximum absolute atomic E-state index is 5.99. The van der Waals surface area contributed by atoms with Gasteiger partial charge in [0.15, 0.2) is 0 Å². The average Bonchev–Trinajstić information content (AvgIpc) is 2.93. The van der Waals surface area contributed by atoms with Crippen LogP contribution in [0.15, 0.2) is 48.5 Å². The fourth-order valence-corrected chi connectivity index (χ4v) is 3.02. The van der Waals surface area contributed by atoms with Crippen LogP contribution in [0, 0.1) is 6.92 Å². The van der Waals surface area contributed by atoms with Gasteiger partial charge in [0.25, 0.3) is 0 Å². The normalized spacial score (nSPS) is 11.2. The molecule has 0 atom stereocenters. The Bertz CT molecular complexity index is 818. The van der Waals surface area contributed by atoms with Crippen molar-refractivity contribution in [1.29, 1.82) is 0 Å². The van der Waals surface area contributed by atoms with Crippen LogP contribution in [0.2, 0.25) is 0 Å². The summed E-state index contributed by atoms with van der Waals surface area (Å²) in [6.07, 6.45) is 0. The Morgan fingerprint density at radius 1 is 1.00 bits per heavy atom. The standard InChI is InChI=1S/C20H23NO2/c1-14(2)21-16(11-19-15(3)7-5-10-20(19)21)13-23-18-9-6-8-17(12-18)22-4/h5-12,14H,13H2,1-4H3. The Kier molecular flexibility index (Phi) is 4.28. The summed E-state index contributed by atoms with van der Waals surface area (Å²) in [7, 11) is 1.67. The summed E-state index contributed by atoms with van der Waals surface area (Å²) in [6.45, 7) is 7.10. The van der Waals surface area contributed by atoms with Crippen molar-refractivity contribution in [2.24, 2.45) is 0 Å². The number of hydrogen-bond acceptors (Lipinski definition) is 2. The van der Waals surface area contributed by atoms with Crippen LogP contribution in [0.25, 0.3) is 10.9 Å². The molecule has 0 spiro atoms. The van der Waals surface area contributed by atoms with Crippen molar-refractivity contribution < 1.29 is 9.47 Å². The molecule has 0 aliphatic rings. The molecule has 0 unspecified atom stereocenters. The van der Waals surface area contributed by atoms with E-state index < -0.39 is 0 Å². The first kappa shape index (κ1) is 15.5. The van der Waals surface area contributed by atoms with Crippen molar-refractivity contribution in [1.82, 2.24) is 4.57 Å². The number of aryl methyl sites for hydroxylation is 1. The molecule has 0 bridgehead atoms. The van der Waals surface area contributed by atoms with E-state index >= 15 is 0 Å². The molecular weight excluding hydrogens is 286 g/mol. The summed E-state index contributed by atoms with van der Waals surface area (Å²) >= 11 is 0. The highest BCUT2D eigenvalue weighted by atomic mass is 16.5. The summed E-state index contributed by atoms with van der Waals surface area (Å²) in [5, 5.41) is 1.30. The van der Waals surface area contributed by atoms with Gasteiger partial charge >= 0.3 is 0 Å². The Balaban J connectivity index is 1.93. The molecule has 23 heavy (non-hydrogen) atoms. The molecule has 2 aromatic carbocycles. The minimum atomic E-state index is 0.387. The van der Waals surface area contributed by atoms with Crippen LogP contribution in [-0.4, -0.2) is 11.7 Å². The Hall–Kier alpha value is -2.42. The second kappa shape index (κ2) is 6.37. The topological polar surface area (TPSA) is 23.4 Å². The first-order valence-corrected chi connectivity index (χ1v) is 7.96. The van der Waals surface area contributed by atoms with Crippen LogP contribution in [-0.2, 0) is 6.61 Å². The fraction of sp³-hybridized carbons (Fsp3) is 0.300. The molecule has 0 radical (unpaired) electrons. The summed E-state index contributed by atoms with van der Waals surface area (Å²) in [5.41, 5.74) is 3.75. The van der Waals surface area contributed by atoms with Crippen molar-refractivity contribution in [2.75, 3.05) is 7.11 Å². The van der Waals surface area contributed by atoms with E-state index in [0.717, 1.165) is 11.5 Å². The second-order valence-corrected chi connectivity index (χ2v) is 6.07. The zero-order valence-corrected chi connectivity index (χ0v) is 14.2. The summed E-state index contributed by atoms with van der Waals surface area (Å²) in [6, 6.07) is 16.8. The predicted molar refractivity (Wildman–Crippen MR) is 94.4 cm³/mol. The Morgan fingerprint density at radius 3 is 2.48 bits per heavy atom. The van der Waals surface area contributed by atoms with Crippen molar-refractivity contribution in [3.05, 3.63) is 59.8 Å². The summed E-state index contributed by atoms with van der Waals surface area (Å²) in [4.78, 5) is 0. The van der Waals surface area contributed by atoms with Gasteiger partial charge < -0.3 is 14.0 Å². The zero-order valence-electron chi connectivity index (χ0n) is 14.2. The number of benzene rings is 2. The van der Waals surface area contributed by atoms with Gasteiger partial charge in [-0.15, -0.1) is 0 Å². The van der Waals surface area contributed by atoms with Crippen molar-refractivity contribution in [2.45, 2.75) is 33.4 Å². The van der Waals surface area contributed by atoms with E-state index in [2.05, 4.69) is 49.6 Å². The lowest BCUT2D eigenvalue weighted by Gasteiger charge is -2.15. The number of aromatic nitrogens is 1. The molecule has 0 saturated carbocycles. The molecule has 0 aliphatic heterocycles. The second-order valence-electron chi connectivity index (χ2n) is 6.07. The summed E-state index contributed by atoms with van der Waals surface area (Å²) < 4.78 is 13.6. The zero-order chi connectivity index (χ0) is 16.4. The van der Waals surface area contributed by atoms with Crippen molar-refractivity contribution in [3.8, 4) is 11.5 Å². The van der Waals surface area contributed by atoms with E-state index in [0.29, 0.717) is 12.6 Å². The van der Waals surface area contributed by atoms with Gasteiger partial charge in [-0.1, -0.05) is 18.2 Å². The average molecular weight is 309 g/mol. The van der Waals surface area contributed by atoms with E-state index in [9.17, 15) is 0 Å². The molecule has 3 aromatic rings. The number of nitrogens with zero attached hydrogens (tertiary/aromatic N) is 1. The molecule has 3 nitrogen and oxygen atoms in total. The van der Waals surface area contributed by atoms with Crippen LogP contribution in [0.1, 0.15) is 31.1 Å². The van der Waals surface area contributed by atoms with Gasteiger partial charge in [-0.25, -0.2) is 0 Å². The smallest absolute Gasteiger partial charge is 0.128 e. The van der Waals surface area contributed by atoms with Gasteiger partial charge in [-0.3, -0.25) is 0 Å². The molecule has 1 aromatic heterocycles. The monoisotopic (exact) mass is 309 g/mol. The highest BCUT2D eigenvalue weighted by molar-refractivity contribution is 5.84. The van der Waals surface area contributed by atoms with Crippen LogP contribution < -0.4 is 9.47 Å². The van der Waals surface area contributed by atoms with Crippen LogP contribution >= 0.6 is 0 Å². The Morgan fingerprint density at radius 2 is 1.74 bits per heavy atom. The Labute approximate surface area is 137 Å². The van der Waals surface area contributed by atoms with Gasteiger partial charge in [0, 0.05) is 23.0 Å². The van der Waals surface area contributed by atoms with Gasteiger partial charge in [0.1, 0.15) is 18.1 Å². The third-order valence-electron chi connectivity index (χ3n) is 4.13. The van der Waals surface area contributed by atoms with Crippen LogP contribution in [0.5, 0.6) is 11.5 Å². The van der Waals surface area contributed by atoms with E-state index in [1.54, 1.807) is 7.11 Å². The molecule has 0 N–H and O–H groups in total. The highest BCUT2D eigenvalue weighted by Gasteiger charge is 2.13. The minimum Gasteiger partial charge on any atom is -0.497 e. The van der Waals surface area contributed by atoms with E-state index in [-0.39, 0.29) is 0 Å². The molecule has 0 aliphatic carbocycles. The number of ether oxygens (including phenoxy) is 2. The van der Waals surface area contributed by atoms with Crippen LogP contribution in [0.4, 0.5) is 0 Å². The minimum absolute atomic E-state index is 0.387. The van der Waals surface area contributed by atoms with Gasteiger partial charge in [-0.05, 0) is 50.6 Å². The lowest BCUT2D eigenvalue weighted by atomic mass is 10.1. The number of hydrogen-bond donors (Lipinski definition) is 0. The molecule has 0 fully saturated rings. The maximum Gasteiger partial charge on any atom is 0.128 e. The molecule has 0 amide bonds. The van der Waals surface area contributed by atoms with E-state index in [4.69, 9.17) is 9.47 Å². The quantitative estimate of drug-likeness (QED) is 0.653. The molecule has 1 heterocycles. The first-order chi connectivity index (χ1) is 11.1. The van der Waals surface area contributed by atoms with Crippen molar-refractivity contribution in [3.63, 3.8) is 0 Å². The van der Waals surface area contributed by atoms with Crippen molar-refractivity contribution >= 4 is 10.9 Å². The lowest BCUT2D eigenvalue weighted by Crippen LogP contribution is -2.08. The fourth-order valence-electron chi connectivity index (χ4n) is 3.02.